The second-order valence-corrected chi connectivity index (χ2v) is 7.28. The molecule has 0 fully saturated rings. The Morgan fingerprint density at radius 1 is 0.821 bits per heavy atom. The second-order valence-electron chi connectivity index (χ2n) is 7.28. The van der Waals surface area contributed by atoms with E-state index < -0.39 is 0 Å². The van der Waals surface area contributed by atoms with E-state index >= 15 is 0 Å². The molecule has 0 aromatic heterocycles. The monoisotopic (exact) mass is 375 g/mol. The van der Waals surface area contributed by atoms with E-state index in [0.29, 0.717) is 19.1 Å². The molecule has 0 spiro atoms. The Morgan fingerprint density at radius 2 is 1.61 bits per heavy atom. The van der Waals surface area contributed by atoms with Crippen LogP contribution < -0.4 is 14.8 Å². The van der Waals surface area contributed by atoms with Crippen molar-refractivity contribution in [2.45, 2.75) is 26.8 Å². The topological polar surface area (TPSA) is 30.5 Å². The quantitative estimate of drug-likeness (QED) is 0.474. The van der Waals surface area contributed by atoms with Crippen LogP contribution >= 0.6 is 0 Å². The Hall–Kier alpha value is -2.94. The second kappa shape index (κ2) is 10.4. The molecule has 0 radical (unpaired) electrons. The maximum Gasteiger partial charge on any atom is 0.124 e. The summed E-state index contributed by atoms with van der Waals surface area (Å²) in [6.45, 7) is 6.41. The summed E-state index contributed by atoms with van der Waals surface area (Å²) in [7, 11) is 0. The molecule has 28 heavy (non-hydrogen) atoms. The van der Waals surface area contributed by atoms with Gasteiger partial charge in [-0.05, 0) is 29.7 Å². The van der Waals surface area contributed by atoms with Gasteiger partial charge in [0.05, 0.1) is 13.2 Å². The molecule has 3 nitrogen and oxygen atoms in total. The van der Waals surface area contributed by atoms with E-state index in [1.807, 2.05) is 42.5 Å². The Kier molecular flexibility index (Phi) is 7.36. The number of hydrogen-bond acceptors (Lipinski definition) is 3. The molecule has 0 saturated carbocycles. The minimum Gasteiger partial charge on any atom is -0.493 e. The third-order valence-corrected chi connectivity index (χ3v) is 4.36. The Bertz CT molecular complexity index is 846. The average Bonchev–Trinajstić information content (AvgIpc) is 2.72. The van der Waals surface area contributed by atoms with E-state index in [4.69, 9.17) is 9.47 Å². The van der Waals surface area contributed by atoms with Crippen LogP contribution in [-0.4, -0.2) is 13.2 Å². The molecule has 146 valence electrons. The van der Waals surface area contributed by atoms with Gasteiger partial charge in [-0.25, -0.2) is 0 Å². The minimum absolute atomic E-state index is 0.505. The van der Waals surface area contributed by atoms with Crippen molar-refractivity contribution in [2.75, 3.05) is 18.5 Å². The molecule has 3 rings (SSSR count). The fourth-order valence-electron chi connectivity index (χ4n) is 2.87. The van der Waals surface area contributed by atoms with Crippen LogP contribution in [0.3, 0.4) is 0 Å². The van der Waals surface area contributed by atoms with Crippen molar-refractivity contribution in [2.24, 2.45) is 5.92 Å². The highest BCUT2D eigenvalue weighted by molar-refractivity contribution is 5.49. The maximum absolute atomic E-state index is 5.94. The Labute approximate surface area is 168 Å². The summed E-state index contributed by atoms with van der Waals surface area (Å²) >= 11 is 0. The molecule has 0 aliphatic rings. The minimum atomic E-state index is 0.505. The summed E-state index contributed by atoms with van der Waals surface area (Å²) in [6.07, 6.45) is 0.902. The molecule has 0 atom stereocenters. The molecule has 3 aromatic rings. The SMILES string of the molecule is CC(C)COc1ccccc1CNc1cccc(OCCc2ccccc2)c1. The van der Waals surface area contributed by atoms with E-state index in [1.165, 1.54) is 5.56 Å². The summed E-state index contributed by atoms with van der Waals surface area (Å²) in [5.74, 6) is 2.33. The Morgan fingerprint density at radius 3 is 2.43 bits per heavy atom. The van der Waals surface area contributed by atoms with Crippen molar-refractivity contribution in [3.8, 4) is 11.5 Å². The zero-order valence-electron chi connectivity index (χ0n) is 16.7. The number of ether oxygens (including phenoxy) is 2. The molecule has 0 bridgehead atoms. The molecule has 0 amide bonds. The van der Waals surface area contributed by atoms with E-state index in [1.54, 1.807) is 0 Å². The summed E-state index contributed by atoms with van der Waals surface area (Å²) in [5, 5.41) is 3.48. The van der Waals surface area contributed by atoms with Crippen molar-refractivity contribution in [1.82, 2.24) is 0 Å². The third-order valence-electron chi connectivity index (χ3n) is 4.36. The summed E-state index contributed by atoms with van der Waals surface area (Å²) < 4.78 is 11.9. The van der Waals surface area contributed by atoms with Gasteiger partial charge in [0.25, 0.3) is 0 Å². The molecule has 1 N–H and O–H groups in total. The maximum atomic E-state index is 5.94. The fraction of sp³-hybridized carbons (Fsp3) is 0.280. The number of hydrogen-bond donors (Lipinski definition) is 1. The van der Waals surface area contributed by atoms with Crippen molar-refractivity contribution in [3.63, 3.8) is 0 Å². The van der Waals surface area contributed by atoms with Gasteiger partial charge in [0.1, 0.15) is 11.5 Å². The zero-order valence-corrected chi connectivity index (χ0v) is 16.7. The van der Waals surface area contributed by atoms with Crippen molar-refractivity contribution in [1.29, 1.82) is 0 Å². The lowest BCUT2D eigenvalue weighted by Gasteiger charge is -2.14. The highest BCUT2D eigenvalue weighted by Gasteiger charge is 2.05. The number of anilines is 1. The summed E-state index contributed by atoms with van der Waals surface area (Å²) in [6, 6.07) is 26.7. The van der Waals surface area contributed by atoms with Gasteiger partial charge in [0.15, 0.2) is 0 Å². The van der Waals surface area contributed by atoms with E-state index in [2.05, 4.69) is 55.6 Å². The normalized spacial score (nSPS) is 10.7. The average molecular weight is 376 g/mol. The van der Waals surface area contributed by atoms with Gasteiger partial charge in [-0.1, -0.05) is 68.4 Å². The molecular formula is C25H29NO2. The van der Waals surface area contributed by atoms with Gasteiger partial charge in [0, 0.05) is 30.3 Å². The highest BCUT2D eigenvalue weighted by atomic mass is 16.5. The molecule has 3 heteroatoms. The Balaban J connectivity index is 1.53. The van der Waals surface area contributed by atoms with Crippen LogP contribution in [0.4, 0.5) is 5.69 Å². The zero-order chi connectivity index (χ0) is 19.6. The van der Waals surface area contributed by atoms with Crippen LogP contribution in [0, 0.1) is 5.92 Å². The number of para-hydroxylation sites is 1. The molecule has 3 aromatic carbocycles. The number of rotatable bonds is 10. The number of benzene rings is 3. The first-order valence-corrected chi connectivity index (χ1v) is 9.92. The van der Waals surface area contributed by atoms with Gasteiger partial charge < -0.3 is 14.8 Å². The molecule has 0 saturated heterocycles. The van der Waals surface area contributed by atoms with Crippen molar-refractivity contribution in [3.05, 3.63) is 90.0 Å². The van der Waals surface area contributed by atoms with E-state index in [0.717, 1.165) is 35.8 Å². The van der Waals surface area contributed by atoms with Crippen LogP contribution in [0.5, 0.6) is 11.5 Å². The van der Waals surface area contributed by atoms with Gasteiger partial charge in [0.2, 0.25) is 0 Å². The van der Waals surface area contributed by atoms with Crippen LogP contribution in [0.15, 0.2) is 78.9 Å². The van der Waals surface area contributed by atoms with Gasteiger partial charge in [-0.15, -0.1) is 0 Å². The largest absolute Gasteiger partial charge is 0.493 e. The number of nitrogens with one attached hydrogen (secondary N) is 1. The van der Waals surface area contributed by atoms with Gasteiger partial charge in [-0.2, -0.15) is 0 Å². The standard InChI is InChI=1S/C25H29NO2/c1-20(2)19-28-25-14-7-6-11-22(25)18-26-23-12-8-13-24(17-23)27-16-15-21-9-4-3-5-10-21/h3-14,17,20,26H,15-16,18-19H2,1-2H3. The van der Waals surface area contributed by atoms with Crippen LogP contribution in [0.25, 0.3) is 0 Å². The van der Waals surface area contributed by atoms with Crippen LogP contribution in [0.2, 0.25) is 0 Å². The molecule has 0 aliphatic carbocycles. The molecule has 0 heterocycles. The van der Waals surface area contributed by atoms with Crippen molar-refractivity contribution >= 4 is 5.69 Å². The lowest BCUT2D eigenvalue weighted by atomic mass is 10.2. The first-order chi connectivity index (χ1) is 13.7. The highest BCUT2D eigenvalue weighted by Crippen LogP contribution is 2.22. The smallest absolute Gasteiger partial charge is 0.124 e. The van der Waals surface area contributed by atoms with E-state index in [-0.39, 0.29) is 0 Å². The lowest BCUT2D eigenvalue weighted by Crippen LogP contribution is -2.08. The predicted molar refractivity (Wildman–Crippen MR) is 116 cm³/mol. The molecule has 0 unspecified atom stereocenters. The summed E-state index contributed by atoms with van der Waals surface area (Å²) in [4.78, 5) is 0. The van der Waals surface area contributed by atoms with E-state index in [9.17, 15) is 0 Å². The summed E-state index contributed by atoms with van der Waals surface area (Å²) in [5.41, 5.74) is 3.48. The molecular weight excluding hydrogens is 346 g/mol. The van der Waals surface area contributed by atoms with Crippen LogP contribution in [0.1, 0.15) is 25.0 Å². The first-order valence-electron chi connectivity index (χ1n) is 9.92. The lowest BCUT2D eigenvalue weighted by molar-refractivity contribution is 0.269. The fourth-order valence-corrected chi connectivity index (χ4v) is 2.87. The van der Waals surface area contributed by atoms with Gasteiger partial charge >= 0.3 is 0 Å². The predicted octanol–water partition coefficient (Wildman–Crippen LogP) is 5.96. The van der Waals surface area contributed by atoms with Gasteiger partial charge in [-0.3, -0.25) is 0 Å². The first kappa shape index (κ1) is 19.8. The van der Waals surface area contributed by atoms with Crippen LogP contribution in [-0.2, 0) is 13.0 Å². The third kappa shape index (κ3) is 6.34. The molecule has 0 aliphatic heterocycles. The van der Waals surface area contributed by atoms with Crippen molar-refractivity contribution < 1.29 is 9.47 Å².